The van der Waals surface area contributed by atoms with E-state index in [1.807, 2.05) is 18.2 Å². The number of ether oxygens (including phenoxy) is 1. The first kappa shape index (κ1) is 13.8. The number of hydrogen-bond acceptors (Lipinski definition) is 3. The molecule has 0 aliphatic carbocycles. The molecule has 2 rings (SSSR count). The van der Waals surface area contributed by atoms with Crippen molar-refractivity contribution in [3.63, 3.8) is 0 Å². The van der Waals surface area contributed by atoms with Crippen LogP contribution in [0.5, 0.6) is 0 Å². The monoisotopic (exact) mass is 269 g/mol. The molecule has 18 heavy (non-hydrogen) atoms. The van der Waals surface area contributed by atoms with E-state index in [1.54, 1.807) is 0 Å². The number of nitrogens with one attached hydrogen (secondary N) is 1. The van der Waals surface area contributed by atoms with Gasteiger partial charge in [-0.15, -0.1) is 0 Å². The highest BCUT2D eigenvalue weighted by Crippen LogP contribution is 2.22. The van der Waals surface area contributed by atoms with Crippen LogP contribution in [0.25, 0.3) is 0 Å². The van der Waals surface area contributed by atoms with Crippen LogP contribution in [0.4, 0.5) is 0 Å². The second-order valence-corrected chi connectivity index (χ2v) is 5.51. The van der Waals surface area contributed by atoms with Crippen molar-refractivity contribution in [1.82, 2.24) is 5.32 Å². The number of aliphatic hydroxyl groups is 1. The molecule has 1 aliphatic heterocycles. The van der Waals surface area contributed by atoms with Crippen LogP contribution in [0, 0.1) is 0 Å². The minimum Gasteiger partial charge on any atom is -0.394 e. The molecule has 2 N–H and O–H groups in total. The third-order valence-corrected chi connectivity index (χ3v) is 3.84. The molecule has 0 aromatic heterocycles. The molecule has 0 bridgehead atoms. The lowest BCUT2D eigenvalue weighted by Gasteiger charge is -2.28. The smallest absolute Gasteiger partial charge is 0.0673 e. The summed E-state index contributed by atoms with van der Waals surface area (Å²) in [5, 5.41) is 13.7. The molecule has 1 saturated heterocycles. The minimum absolute atomic E-state index is 0.120. The van der Waals surface area contributed by atoms with Crippen LogP contribution >= 0.6 is 11.6 Å². The molecule has 1 aromatic rings. The molecule has 0 spiro atoms. The molecule has 2 atom stereocenters. The lowest BCUT2D eigenvalue weighted by molar-refractivity contribution is 0.120. The molecule has 4 heteroatoms. The van der Waals surface area contributed by atoms with E-state index in [0.29, 0.717) is 12.5 Å². The topological polar surface area (TPSA) is 41.5 Å². The van der Waals surface area contributed by atoms with Gasteiger partial charge in [-0.05, 0) is 30.0 Å². The second-order valence-electron chi connectivity index (χ2n) is 5.08. The maximum absolute atomic E-state index is 9.48. The molecule has 1 aromatic carbocycles. The van der Waals surface area contributed by atoms with Crippen LogP contribution in [-0.2, 0) is 4.74 Å². The summed E-state index contributed by atoms with van der Waals surface area (Å²) in [7, 11) is 0. The Labute approximate surface area is 113 Å². The van der Waals surface area contributed by atoms with Crippen LogP contribution in [0.1, 0.15) is 24.8 Å². The zero-order chi connectivity index (χ0) is 13.0. The van der Waals surface area contributed by atoms with Gasteiger partial charge < -0.3 is 15.2 Å². The summed E-state index contributed by atoms with van der Waals surface area (Å²) in [6.07, 6.45) is 0.867. The van der Waals surface area contributed by atoms with Crippen molar-refractivity contribution in [2.75, 3.05) is 26.4 Å². The van der Waals surface area contributed by atoms with Gasteiger partial charge >= 0.3 is 0 Å². The van der Waals surface area contributed by atoms with Crippen molar-refractivity contribution in [3.8, 4) is 0 Å². The van der Waals surface area contributed by atoms with Crippen LogP contribution in [-0.4, -0.2) is 37.0 Å². The van der Waals surface area contributed by atoms with Crippen molar-refractivity contribution in [2.45, 2.75) is 24.8 Å². The van der Waals surface area contributed by atoms with Gasteiger partial charge in [-0.3, -0.25) is 0 Å². The van der Waals surface area contributed by atoms with E-state index in [0.717, 1.165) is 24.6 Å². The van der Waals surface area contributed by atoms with Gasteiger partial charge in [0, 0.05) is 18.2 Å². The third-order valence-electron chi connectivity index (χ3n) is 3.61. The summed E-state index contributed by atoms with van der Waals surface area (Å²) in [6.45, 7) is 4.39. The minimum atomic E-state index is -0.257. The summed E-state index contributed by atoms with van der Waals surface area (Å²) < 4.78 is 5.36. The Morgan fingerprint density at radius 3 is 3.00 bits per heavy atom. The Balaban J connectivity index is 1.93. The van der Waals surface area contributed by atoms with Gasteiger partial charge in [-0.25, -0.2) is 0 Å². The van der Waals surface area contributed by atoms with Gasteiger partial charge in [0.05, 0.1) is 18.8 Å². The lowest BCUT2D eigenvalue weighted by atomic mass is 9.96. The maximum atomic E-state index is 9.48. The Bertz CT molecular complexity index is 391. The van der Waals surface area contributed by atoms with Crippen LogP contribution in [0.15, 0.2) is 24.3 Å². The first-order chi connectivity index (χ1) is 8.65. The third kappa shape index (κ3) is 3.23. The predicted octanol–water partition coefficient (Wildman–Crippen LogP) is 2.18. The van der Waals surface area contributed by atoms with Crippen LogP contribution < -0.4 is 5.32 Å². The van der Waals surface area contributed by atoms with E-state index in [9.17, 15) is 5.11 Å². The molecule has 0 amide bonds. The quantitative estimate of drug-likeness (QED) is 0.861. The first-order valence-electron chi connectivity index (χ1n) is 6.34. The van der Waals surface area contributed by atoms with E-state index in [2.05, 4.69) is 18.3 Å². The van der Waals surface area contributed by atoms with Gasteiger partial charge in [0.25, 0.3) is 0 Å². The highest BCUT2D eigenvalue weighted by atomic mass is 35.5. The molecule has 0 radical (unpaired) electrons. The molecule has 0 unspecified atom stereocenters. The summed E-state index contributed by atoms with van der Waals surface area (Å²) in [6, 6.07) is 7.92. The van der Waals surface area contributed by atoms with E-state index in [1.165, 1.54) is 5.56 Å². The molecule has 3 nitrogen and oxygen atoms in total. The van der Waals surface area contributed by atoms with Gasteiger partial charge in [-0.2, -0.15) is 0 Å². The van der Waals surface area contributed by atoms with Crippen LogP contribution in [0.3, 0.4) is 0 Å². The number of rotatable bonds is 5. The zero-order valence-electron chi connectivity index (χ0n) is 10.7. The Morgan fingerprint density at radius 1 is 1.56 bits per heavy atom. The van der Waals surface area contributed by atoms with Crippen molar-refractivity contribution in [1.29, 1.82) is 0 Å². The van der Waals surface area contributed by atoms with Crippen molar-refractivity contribution in [3.05, 3.63) is 34.9 Å². The molecule has 0 saturated carbocycles. The molecule has 1 heterocycles. The summed E-state index contributed by atoms with van der Waals surface area (Å²) in [4.78, 5) is 0. The van der Waals surface area contributed by atoms with Gasteiger partial charge in [-0.1, -0.05) is 30.7 Å². The average molecular weight is 270 g/mol. The Morgan fingerprint density at radius 2 is 2.39 bits per heavy atom. The van der Waals surface area contributed by atoms with Gasteiger partial charge in [0.15, 0.2) is 0 Å². The van der Waals surface area contributed by atoms with Crippen molar-refractivity contribution >= 4 is 11.6 Å². The Hall–Kier alpha value is -0.610. The van der Waals surface area contributed by atoms with E-state index < -0.39 is 0 Å². The normalized spacial score (nSPS) is 25.3. The largest absolute Gasteiger partial charge is 0.394 e. The summed E-state index contributed by atoms with van der Waals surface area (Å²) in [5.41, 5.74) is 0.953. The SMILES string of the molecule is C[C@H](CN[C@@]1(CO)CCOC1)c1cccc(Cl)c1. The first-order valence-corrected chi connectivity index (χ1v) is 6.72. The lowest BCUT2D eigenvalue weighted by Crippen LogP contribution is -2.50. The number of aliphatic hydroxyl groups excluding tert-OH is 1. The second kappa shape index (κ2) is 6.02. The van der Waals surface area contributed by atoms with Gasteiger partial charge in [0.1, 0.15) is 0 Å². The molecule has 1 aliphatic rings. The number of hydrogen-bond donors (Lipinski definition) is 2. The summed E-state index contributed by atoms with van der Waals surface area (Å²) in [5.74, 6) is 0.354. The van der Waals surface area contributed by atoms with E-state index in [-0.39, 0.29) is 12.1 Å². The number of benzene rings is 1. The summed E-state index contributed by atoms with van der Waals surface area (Å²) >= 11 is 5.99. The fourth-order valence-corrected chi connectivity index (χ4v) is 2.43. The highest BCUT2D eigenvalue weighted by Gasteiger charge is 2.33. The fourth-order valence-electron chi connectivity index (χ4n) is 2.23. The fraction of sp³-hybridized carbons (Fsp3) is 0.571. The Kier molecular flexibility index (Phi) is 4.62. The van der Waals surface area contributed by atoms with Gasteiger partial charge in [0.2, 0.25) is 0 Å². The maximum Gasteiger partial charge on any atom is 0.0673 e. The molecule has 100 valence electrons. The molecular formula is C14H20ClNO2. The van der Waals surface area contributed by atoms with E-state index >= 15 is 0 Å². The van der Waals surface area contributed by atoms with E-state index in [4.69, 9.17) is 16.3 Å². The van der Waals surface area contributed by atoms with Crippen LogP contribution in [0.2, 0.25) is 5.02 Å². The molecule has 1 fully saturated rings. The predicted molar refractivity (Wildman–Crippen MR) is 73.1 cm³/mol. The molecular weight excluding hydrogens is 250 g/mol. The zero-order valence-corrected chi connectivity index (χ0v) is 11.4. The average Bonchev–Trinajstić information content (AvgIpc) is 2.85. The standard InChI is InChI=1S/C14H20ClNO2/c1-11(12-3-2-4-13(15)7-12)8-16-14(9-17)5-6-18-10-14/h2-4,7,11,16-17H,5-6,8-10H2,1H3/t11-,14-/m1/s1. The highest BCUT2D eigenvalue weighted by molar-refractivity contribution is 6.30. The van der Waals surface area contributed by atoms with Crippen molar-refractivity contribution < 1.29 is 9.84 Å². The van der Waals surface area contributed by atoms with Crippen molar-refractivity contribution in [2.24, 2.45) is 0 Å². The number of halogens is 1.